The van der Waals surface area contributed by atoms with Crippen LogP contribution in [0, 0.1) is 5.82 Å². The van der Waals surface area contributed by atoms with Crippen molar-refractivity contribution in [2.75, 3.05) is 11.4 Å². The second kappa shape index (κ2) is 9.20. The van der Waals surface area contributed by atoms with Crippen molar-refractivity contribution in [3.63, 3.8) is 0 Å². The molecule has 0 bridgehead atoms. The number of primary amides is 1. The Morgan fingerprint density at radius 1 is 1.20 bits per heavy atom. The van der Waals surface area contributed by atoms with Crippen molar-refractivity contribution in [1.82, 2.24) is 5.32 Å². The van der Waals surface area contributed by atoms with Gasteiger partial charge in [0.05, 0.1) is 17.8 Å². The fourth-order valence-electron chi connectivity index (χ4n) is 4.17. The third-order valence-electron chi connectivity index (χ3n) is 6.09. The summed E-state index contributed by atoms with van der Waals surface area (Å²) in [6.45, 7) is 5.67. The quantitative estimate of drug-likeness (QED) is 0.598. The number of alkyl carbamates (subject to hydrolysis) is 1. The number of amides is 3. The Bertz CT molecular complexity index is 1140. The Morgan fingerprint density at radius 2 is 1.89 bits per heavy atom. The minimum atomic E-state index is -0.580. The fraction of sp³-hybridized carbons (Fsp3) is 0.423. The molecule has 35 heavy (non-hydrogen) atoms. The molecule has 1 heterocycles. The van der Waals surface area contributed by atoms with Gasteiger partial charge in [0.2, 0.25) is 5.91 Å². The van der Waals surface area contributed by atoms with Crippen LogP contribution in [0.2, 0.25) is 0 Å². The lowest BCUT2D eigenvalue weighted by atomic mass is 9.99. The number of nitrogens with two attached hydrogens (primary N) is 1. The molecule has 4 rings (SSSR count). The number of rotatable bonds is 7. The summed E-state index contributed by atoms with van der Waals surface area (Å²) in [6, 6.07) is 12.0. The molecule has 1 aliphatic carbocycles. The van der Waals surface area contributed by atoms with E-state index < -0.39 is 41.2 Å². The molecule has 2 aromatic carbocycles. The van der Waals surface area contributed by atoms with Crippen LogP contribution in [0.1, 0.15) is 52.0 Å². The van der Waals surface area contributed by atoms with E-state index in [1.54, 1.807) is 12.1 Å². The first-order valence-electron chi connectivity index (χ1n) is 11.6. The van der Waals surface area contributed by atoms with E-state index in [0.717, 1.165) is 18.4 Å². The number of halogens is 1. The molecule has 3 N–H and O–H groups in total. The van der Waals surface area contributed by atoms with Crippen LogP contribution < -0.4 is 16.0 Å². The maximum atomic E-state index is 15.0. The number of anilines is 1. The van der Waals surface area contributed by atoms with Gasteiger partial charge in [0, 0.05) is 12.0 Å². The molecule has 9 heteroatoms. The smallest absolute Gasteiger partial charge is 0.414 e. The van der Waals surface area contributed by atoms with E-state index in [2.05, 4.69) is 5.32 Å². The first-order valence-corrected chi connectivity index (χ1v) is 11.6. The number of benzene rings is 2. The van der Waals surface area contributed by atoms with Crippen molar-refractivity contribution in [1.29, 1.82) is 0 Å². The van der Waals surface area contributed by atoms with Gasteiger partial charge in [0.15, 0.2) is 0 Å². The summed E-state index contributed by atoms with van der Waals surface area (Å²) in [5.41, 5.74) is 6.51. The first kappa shape index (κ1) is 24.5. The number of cyclic esters (lactones) is 1. The van der Waals surface area contributed by atoms with Gasteiger partial charge >= 0.3 is 12.2 Å². The van der Waals surface area contributed by atoms with Crippen LogP contribution in [0.5, 0.6) is 0 Å². The molecule has 1 saturated heterocycles. The van der Waals surface area contributed by atoms with Crippen molar-refractivity contribution < 1.29 is 28.2 Å². The van der Waals surface area contributed by atoms with Crippen molar-refractivity contribution in [2.45, 2.75) is 63.7 Å². The lowest BCUT2D eigenvalue weighted by Crippen LogP contribution is -2.39. The van der Waals surface area contributed by atoms with E-state index in [1.807, 2.05) is 45.0 Å². The standard InChI is InChI=1S/C26H30FN3O5/c1-25(2,3)35-23(32)29-26(12-13-26)17-6-4-16(5-7-17)20-10-8-18(14-21(20)27)30-15-19(34-24(30)33)9-11-22(28)31/h4-8,10,14,19H,9,11-13,15H2,1-3H3,(H2,28,31)(H,29,32)/t19-/m0/s1. The Hall–Kier alpha value is -3.62. The number of nitrogens with zero attached hydrogens (tertiary/aromatic N) is 1. The van der Waals surface area contributed by atoms with Crippen molar-refractivity contribution >= 4 is 23.8 Å². The van der Waals surface area contributed by atoms with Crippen LogP contribution in [0.4, 0.5) is 19.7 Å². The van der Waals surface area contributed by atoms with Gasteiger partial charge < -0.3 is 20.5 Å². The molecule has 0 aromatic heterocycles. The van der Waals surface area contributed by atoms with Crippen LogP contribution >= 0.6 is 0 Å². The average molecular weight is 484 g/mol. The van der Waals surface area contributed by atoms with Crippen LogP contribution in [0.3, 0.4) is 0 Å². The molecule has 0 radical (unpaired) electrons. The fourth-order valence-corrected chi connectivity index (χ4v) is 4.17. The zero-order valence-corrected chi connectivity index (χ0v) is 20.1. The van der Waals surface area contributed by atoms with E-state index in [-0.39, 0.29) is 13.0 Å². The number of nitrogens with one attached hydrogen (secondary N) is 1. The summed E-state index contributed by atoms with van der Waals surface area (Å²) in [6.07, 6.45) is 0.552. The monoisotopic (exact) mass is 483 g/mol. The Labute approximate surface area is 203 Å². The molecule has 1 atom stereocenters. The van der Waals surface area contributed by atoms with E-state index in [9.17, 15) is 14.4 Å². The Morgan fingerprint density at radius 3 is 2.46 bits per heavy atom. The molecule has 2 fully saturated rings. The van der Waals surface area contributed by atoms with Crippen molar-refractivity contribution in [3.8, 4) is 11.1 Å². The van der Waals surface area contributed by atoms with Gasteiger partial charge in [-0.1, -0.05) is 24.3 Å². The Kier molecular flexibility index (Phi) is 6.44. The highest BCUT2D eigenvalue weighted by atomic mass is 19.1. The largest absolute Gasteiger partial charge is 0.444 e. The molecule has 2 aliphatic rings. The number of carbonyl (C=O) groups excluding carboxylic acids is 3. The van der Waals surface area contributed by atoms with Gasteiger partial charge in [0.1, 0.15) is 17.5 Å². The highest BCUT2D eigenvalue weighted by Crippen LogP contribution is 2.46. The predicted molar refractivity (Wildman–Crippen MR) is 128 cm³/mol. The molecule has 2 aromatic rings. The van der Waals surface area contributed by atoms with E-state index in [0.29, 0.717) is 23.2 Å². The minimum absolute atomic E-state index is 0.115. The SMILES string of the molecule is CC(C)(C)OC(=O)NC1(c2ccc(-c3ccc(N4C[C@H](CCC(N)=O)OC4=O)cc3F)cc2)CC1. The van der Waals surface area contributed by atoms with E-state index in [1.165, 1.54) is 11.0 Å². The summed E-state index contributed by atoms with van der Waals surface area (Å²) in [4.78, 5) is 36.8. The molecule has 8 nitrogen and oxygen atoms in total. The summed E-state index contributed by atoms with van der Waals surface area (Å²) in [5, 5.41) is 2.96. The number of hydrogen-bond donors (Lipinski definition) is 2. The zero-order valence-electron chi connectivity index (χ0n) is 20.1. The highest BCUT2D eigenvalue weighted by molar-refractivity contribution is 5.90. The van der Waals surface area contributed by atoms with Crippen LogP contribution in [-0.2, 0) is 19.8 Å². The number of ether oxygens (including phenoxy) is 2. The minimum Gasteiger partial charge on any atom is -0.444 e. The predicted octanol–water partition coefficient (Wildman–Crippen LogP) is 4.60. The Balaban J connectivity index is 1.44. The lowest BCUT2D eigenvalue weighted by Gasteiger charge is -2.24. The molecular weight excluding hydrogens is 453 g/mol. The van der Waals surface area contributed by atoms with Crippen LogP contribution in [0.25, 0.3) is 11.1 Å². The van der Waals surface area contributed by atoms with Gasteiger partial charge in [-0.3, -0.25) is 9.69 Å². The van der Waals surface area contributed by atoms with Gasteiger partial charge in [0.25, 0.3) is 0 Å². The molecule has 0 spiro atoms. The maximum absolute atomic E-state index is 15.0. The normalized spacial score (nSPS) is 18.7. The van der Waals surface area contributed by atoms with Gasteiger partial charge in [-0.15, -0.1) is 0 Å². The molecular formula is C26H30FN3O5. The zero-order chi connectivity index (χ0) is 25.4. The number of hydrogen-bond acceptors (Lipinski definition) is 5. The molecule has 1 saturated carbocycles. The van der Waals surface area contributed by atoms with Crippen LogP contribution in [-0.4, -0.2) is 36.3 Å². The molecule has 186 valence electrons. The molecule has 3 amide bonds. The second-order valence-electron chi connectivity index (χ2n) is 10.1. The third kappa shape index (κ3) is 5.72. The summed E-state index contributed by atoms with van der Waals surface area (Å²) < 4.78 is 25.7. The number of carbonyl (C=O) groups is 3. The lowest BCUT2D eigenvalue weighted by molar-refractivity contribution is -0.118. The van der Waals surface area contributed by atoms with Crippen LogP contribution in [0.15, 0.2) is 42.5 Å². The van der Waals surface area contributed by atoms with Crippen molar-refractivity contribution in [2.24, 2.45) is 5.73 Å². The highest BCUT2D eigenvalue weighted by Gasteiger charge is 2.46. The second-order valence-corrected chi connectivity index (χ2v) is 10.1. The van der Waals surface area contributed by atoms with Crippen molar-refractivity contribution in [3.05, 3.63) is 53.8 Å². The maximum Gasteiger partial charge on any atom is 0.414 e. The van der Waals surface area contributed by atoms with E-state index in [4.69, 9.17) is 15.2 Å². The molecule has 0 unspecified atom stereocenters. The summed E-state index contributed by atoms with van der Waals surface area (Å²) >= 11 is 0. The first-order chi connectivity index (χ1) is 16.5. The topological polar surface area (TPSA) is 111 Å². The average Bonchev–Trinajstić information content (AvgIpc) is 3.44. The molecule has 1 aliphatic heterocycles. The third-order valence-corrected chi connectivity index (χ3v) is 6.09. The van der Waals surface area contributed by atoms with Gasteiger partial charge in [-0.25, -0.2) is 14.0 Å². The summed E-state index contributed by atoms with van der Waals surface area (Å²) in [7, 11) is 0. The summed E-state index contributed by atoms with van der Waals surface area (Å²) in [5.74, 6) is -0.939. The van der Waals surface area contributed by atoms with E-state index >= 15 is 4.39 Å². The van der Waals surface area contributed by atoms with Gasteiger partial charge in [-0.05, 0) is 69.4 Å². The van der Waals surface area contributed by atoms with Gasteiger partial charge in [-0.2, -0.15) is 0 Å².